The van der Waals surface area contributed by atoms with Crippen LogP contribution in [0.5, 0.6) is 0 Å². The fourth-order valence-electron chi connectivity index (χ4n) is 4.90. The number of halogens is 4. The molecule has 0 aromatic carbocycles. The maximum Gasteiger partial charge on any atom is 0.673 e. The first kappa shape index (κ1) is 22.6. The van der Waals surface area contributed by atoms with Crippen LogP contribution in [-0.4, -0.2) is 20.3 Å². The third-order valence-corrected chi connectivity index (χ3v) is 6.84. The Hall–Kier alpha value is -2.05. The summed E-state index contributed by atoms with van der Waals surface area (Å²) in [5.41, 5.74) is 4.39. The van der Waals surface area contributed by atoms with Crippen LogP contribution < -0.4 is 9.93 Å². The van der Waals surface area contributed by atoms with E-state index in [9.17, 15) is 17.3 Å². The minimum absolute atomic E-state index is 0.422. The van der Waals surface area contributed by atoms with E-state index in [-0.39, 0.29) is 0 Å². The van der Waals surface area contributed by atoms with E-state index in [0.717, 1.165) is 30.5 Å². The molecule has 0 saturated heterocycles. The minimum Gasteiger partial charge on any atom is -0.456 e. The molecule has 30 heavy (non-hydrogen) atoms. The molecular formula is C23H30BF4NO. The monoisotopic (exact) mass is 423 g/mol. The van der Waals surface area contributed by atoms with Crippen LogP contribution in [-0.2, 0) is 0 Å². The van der Waals surface area contributed by atoms with Crippen LogP contribution in [0, 0.1) is 24.2 Å². The highest BCUT2D eigenvalue weighted by Gasteiger charge is 2.52. The van der Waals surface area contributed by atoms with Crippen molar-refractivity contribution in [2.75, 3.05) is 13.1 Å². The molecule has 0 radical (unpaired) electrons. The lowest BCUT2D eigenvalue weighted by Gasteiger charge is -2.56. The summed E-state index contributed by atoms with van der Waals surface area (Å²) < 4.78 is 47.8. The van der Waals surface area contributed by atoms with Crippen LogP contribution >= 0.6 is 0 Å². The summed E-state index contributed by atoms with van der Waals surface area (Å²) in [4.78, 5) is 0. The Kier molecular flexibility index (Phi) is 6.21. The summed E-state index contributed by atoms with van der Waals surface area (Å²) in [7, 11) is -6.00. The Morgan fingerprint density at radius 3 is 2.23 bits per heavy atom. The highest BCUT2D eigenvalue weighted by Crippen LogP contribution is 2.61. The van der Waals surface area contributed by atoms with Gasteiger partial charge in [-0.15, -0.1) is 0 Å². The minimum atomic E-state index is -6.00. The van der Waals surface area contributed by atoms with E-state index >= 15 is 0 Å². The van der Waals surface area contributed by atoms with E-state index < -0.39 is 7.25 Å². The van der Waals surface area contributed by atoms with Gasteiger partial charge in [-0.2, -0.15) is 0 Å². The Bertz CT molecular complexity index is 978. The van der Waals surface area contributed by atoms with E-state index in [1.165, 1.54) is 34.9 Å². The molecule has 0 N–H and O–H groups in total. The van der Waals surface area contributed by atoms with Gasteiger partial charge in [0.05, 0.1) is 6.07 Å². The number of fused-ring (bicyclic) bond motifs is 2. The van der Waals surface area contributed by atoms with Crippen molar-refractivity contribution in [2.45, 2.75) is 47.5 Å². The first-order valence-electron chi connectivity index (χ1n) is 10.7. The highest BCUT2D eigenvalue weighted by molar-refractivity contribution is 6.50. The van der Waals surface area contributed by atoms with Crippen LogP contribution in [0.3, 0.4) is 0 Å². The summed E-state index contributed by atoms with van der Waals surface area (Å²) in [6.07, 6.45) is 4.96. The molecule has 0 aromatic heterocycles. The molecule has 0 aromatic rings. The standard InChI is InChI=1S/C23H30NO.BF4/c1-6-24(7-2)17-9-11-18-15(3)12-21(25-22(18)14-17)19-10-8-16-13-20(19)23(16,4)5;2-1(3,4)5/h9-12,14,16,20H,6-8,13H2,1-5H3;/q+1;-1. The summed E-state index contributed by atoms with van der Waals surface area (Å²) in [5.74, 6) is 3.60. The molecule has 7 heteroatoms. The maximum atomic E-state index is 9.75. The molecule has 2 atom stereocenters. The quantitative estimate of drug-likeness (QED) is 0.324. The molecule has 2 bridgehead atoms. The molecule has 1 saturated carbocycles. The summed E-state index contributed by atoms with van der Waals surface area (Å²) in [5, 5.41) is 1.25. The first-order chi connectivity index (χ1) is 14.0. The molecule has 2 nitrogen and oxygen atoms in total. The SMILES string of the molecule is CC[N+](CC)=c1ccc2c(C)cc(C3=CCC4CC3C4(C)C)oc-2c1.F[B-](F)(F)F. The van der Waals surface area contributed by atoms with Gasteiger partial charge in [-0.1, -0.05) is 19.9 Å². The number of benzene rings is 1. The Labute approximate surface area is 175 Å². The number of hydrogen-bond donors (Lipinski definition) is 0. The third kappa shape index (κ3) is 4.50. The van der Waals surface area contributed by atoms with Crippen LogP contribution in [0.15, 0.2) is 34.8 Å². The van der Waals surface area contributed by atoms with Gasteiger partial charge in [0.25, 0.3) is 0 Å². The van der Waals surface area contributed by atoms with E-state index in [2.05, 4.69) is 69.5 Å². The van der Waals surface area contributed by atoms with Gasteiger partial charge in [0, 0.05) is 11.6 Å². The van der Waals surface area contributed by atoms with E-state index in [0.29, 0.717) is 11.3 Å². The van der Waals surface area contributed by atoms with Gasteiger partial charge in [0.2, 0.25) is 5.36 Å². The van der Waals surface area contributed by atoms with Gasteiger partial charge in [-0.25, -0.2) is 4.58 Å². The van der Waals surface area contributed by atoms with Crippen LogP contribution in [0.2, 0.25) is 0 Å². The smallest absolute Gasteiger partial charge is 0.456 e. The summed E-state index contributed by atoms with van der Waals surface area (Å²) in [6, 6.07) is 8.90. The summed E-state index contributed by atoms with van der Waals surface area (Å²) in [6.45, 7) is 13.5. The number of nitrogens with zero attached hydrogens (tertiary/aromatic N) is 1. The lowest BCUT2D eigenvalue weighted by atomic mass is 9.48. The summed E-state index contributed by atoms with van der Waals surface area (Å²) >= 11 is 0. The Morgan fingerprint density at radius 2 is 1.70 bits per heavy atom. The zero-order chi connectivity index (χ0) is 22.3. The molecule has 5 aliphatic rings. The van der Waals surface area contributed by atoms with Crippen molar-refractivity contribution in [3.05, 3.63) is 47.0 Å². The third-order valence-electron chi connectivity index (χ3n) is 6.84. The van der Waals surface area contributed by atoms with Gasteiger partial charge in [-0.3, -0.25) is 0 Å². The van der Waals surface area contributed by atoms with Gasteiger partial charge >= 0.3 is 7.25 Å². The van der Waals surface area contributed by atoms with Crippen molar-refractivity contribution >= 4 is 12.8 Å². The predicted molar refractivity (Wildman–Crippen MR) is 115 cm³/mol. The lowest BCUT2D eigenvalue weighted by Crippen LogP contribution is -2.47. The van der Waals surface area contributed by atoms with Gasteiger partial charge < -0.3 is 21.7 Å². The average molecular weight is 423 g/mol. The number of rotatable bonds is 3. The molecule has 164 valence electrons. The Balaban J connectivity index is 0.000000461. The molecule has 5 rings (SSSR count). The zero-order valence-corrected chi connectivity index (χ0v) is 18.3. The molecule has 4 aliphatic carbocycles. The van der Waals surface area contributed by atoms with Gasteiger partial charge in [-0.05, 0) is 74.1 Å². The average Bonchev–Trinajstić information content (AvgIpc) is 2.67. The van der Waals surface area contributed by atoms with Crippen molar-refractivity contribution in [1.82, 2.24) is 4.58 Å². The van der Waals surface area contributed by atoms with Crippen LogP contribution in [0.4, 0.5) is 17.3 Å². The lowest BCUT2D eigenvalue weighted by molar-refractivity contribution is 0.0102. The van der Waals surface area contributed by atoms with Crippen molar-refractivity contribution in [3.63, 3.8) is 0 Å². The van der Waals surface area contributed by atoms with E-state index in [1.54, 1.807) is 0 Å². The molecule has 1 fully saturated rings. The fraction of sp³-hybridized carbons (Fsp3) is 0.522. The van der Waals surface area contributed by atoms with Crippen molar-refractivity contribution < 1.29 is 21.7 Å². The molecule has 0 spiro atoms. The molecule has 0 amide bonds. The maximum absolute atomic E-state index is 9.75. The number of allylic oxidation sites excluding steroid dienone is 2. The van der Waals surface area contributed by atoms with Gasteiger partial charge in [0.15, 0.2) is 0 Å². The van der Waals surface area contributed by atoms with Gasteiger partial charge in [0.1, 0.15) is 24.6 Å². The Morgan fingerprint density at radius 1 is 1.07 bits per heavy atom. The van der Waals surface area contributed by atoms with E-state index in [1.807, 2.05) is 0 Å². The van der Waals surface area contributed by atoms with Crippen molar-refractivity contribution in [1.29, 1.82) is 0 Å². The second kappa shape index (κ2) is 8.24. The number of hydrogen-bond acceptors (Lipinski definition) is 1. The van der Waals surface area contributed by atoms with Crippen LogP contribution in [0.25, 0.3) is 16.9 Å². The second-order valence-corrected chi connectivity index (χ2v) is 8.84. The normalized spacial score (nSPS) is 22.0. The largest absolute Gasteiger partial charge is 0.673 e. The van der Waals surface area contributed by atoms with Crippen molar-refractivity contribution in [3.8, 4) is 11.3 Å². The fourth-order valence-corrected chi connectivity index (χ4v) is 4.90. The van der Waals surface area contributed by atoms with Crippen molar-refractivity contribution in [2.24, 2.45) is 17.3 Å². The molecular weight excluding hydrogens is 393 g/mol. The second-order valence-electron chi connectivity index (χ2n) is 8.84. The molecule has 2 unspecified atom stereocenters. The van der Waals surface area contributed by atoms with Crippen LogP contribution in [0.1, 0.15) is 51.9 Å². The number of aryl methyl sites for hydroxylation is 1. The first-order valence-corrected chi connectivity index (χ1v) is 10.7. The van der Waals surface area contributed by atoms with E-state index in [4.69, 9.17) is 4.42 Å². The predicted octanol–water partition coefficient (Wildman–Crippen LogP) is 6.25. The zero-order valence-electron chi connectivity index (χ0n) is 18.3. The molecule has 1 aliphatic heterocycles. The topological polar surface area (TPSA) is 16.1 Å². The molecule has 1 heterocycles. The highest BCUT2D eigenvalue weighted by atomic mass is 19.5.